The van der Waals surface area contributed by atoms with Crippen LogP contribution in [0.1, 0.15) is 31.2 Å². The predicted molar refractivity (Wildman–Crippen MR) is 75.9 cm³/mol. The molecule has 0 amide bonds. The molecule has 2 fully saturated rings. The zero-order chi connectivity index (χ0) is 13.2. The molecule has 1 unspecified atom stereocenters. The van der Waals surface area contributed by atoms with Crippen LogP contribution in [0.25, 0.3) is 0 Å². The first kappa shape index (κ1) is 13.3. The third-order valence-corrected chi connectivity index (χ3v) is 4.30. The summed E-state index contributed by atoms with van der Waals surface area (Å²) in [6, 6.07) is 6.23. The van der Waals surface area contributed by atoms with Crippen molar-refractivity contribution in [3.05, 3.63) is 34.6 Å². The van der Waals surface area contributed by atoms with Crippen LogP contribution in [0.3, 0.4) is 0 Å². The SMILES string of the molecule is Fc1cc(Cl)ccc1CN(CC1CCCN1)C1CC1. The van der Waals surface area contributed by atoms with Crippen LogP contribution in [0, 0.1) is 5.82 Å². The predicted octanol–water partition coefficient (Wildman–Crippen LogP) is 3.20. The van der Waals surface area contributed by atoms with E-state index in [4.69, 9.17) is 11.6 Å². The number of halogens is 2. The lowest BCUT2D eigenvalue weighted by Gasteiger charge is -2.25. The number of nitrogens with zero attached hydrogens (tertiary/aromatic N) is 1. The maximum atomic E-state index is 13.9. The lowest BCUT2D eigenvalue weighted by Crippen LogP contribution is -2.38. The van der Waals surface area contributed by atoms with Gasteiger partial charge in [0.05, 0.1) is 0 Å². The molecule has 1 heterocycles. The molecular formula is C15H20ClFN2. The molecule has 1 aliphatic heterocycles. The largest absolute Gasteiger partial charge is 0.313 e. The molecule has 1 atom stereocenters. The highest BCUT2D eigenvalue weighted by Crippen LogP contribution is 2.30. The third kappa shape index (κ3) is 3.47. The molecule has 1 saturated heterocycles. The first-order valence-corrected chi connectivity index (χ1v) is 7.51. The van der Waals surface area contributed by atoms with E-state index in [-0.39, 0.29) is 5.82 Å². The number of rotatable bonds is 5. The molecule has 0 radical (unpaired) electrons. The molecule has 0 bridgehead atoms. The Morgan fingerprint density at radius 2 is 2.16 bits per heavy atom. The molecule has 1 aromatic rings. The highest BCUT2D eigenvalue weighted by molar-refractivity contribution is 6.30. The van der Waals surface area contributed by atoms with Crippen molar-refractivity contribution in [1.29, 1.82) is 0 Å². The Morgan fingerprint density at radius 1 is 1.32 bits per heavy atom. The molecule has 3 rings (SSSR count). The summed E-state index contributed by atoms with van der Waals surface area (Å²) < 4.78 is 13.9. The van der Waals surface area contributed by atoms with Crippen molar-refractivity contribution in [2.75, 3.05) is 13.1 Å². The Hall–Kier alpha value is -0.640. The van der Waals surface area contributed by atoms with Gasteiger partial charge in [-0.3, -0.25) is 4.90 Å². The zero-order valence-electron chi connectivity index (χ0n) is 11.0. The lowest BCUT2D eigenvalue weighted by atomic mass is 10.1. The van der Waals surface area contributed by atoms with Gasteiger partial charge in [-0.25, -0.2) is 4.39 Å². The van der Waals surface area contributed by atoms with Crippen molar-refractivity contribution in [3.8, 4) is 0 Å². The maximum absolute atomic E-state index is 13.9. The van der Waals surface area contributed by atoms with Gasteiger partial charge >= 0.3 is 0 Å². The van der Waals surface area contributed by atoms with Crippen LogP contribution in [0.4, 0.5) is 4.39 Å². The van der Waals surface area contributed by atoms with E-state index in [1.165, 1.54) is 31.7 Å². The molecular weight excluding hydrogens is 263 g/mol. The molecule has 1 aliphatic carbocycles. The summed E-state index contributed by atoms with van der Waals surface area (Å²) >= 11 is 5.80. The molecule has 0 aromatic heterocycles. The number of benzene rings is 1. The fourth-order valence-electron chi connectivity index (χ4n) is 2.85. The van der Waals surface area contributed by atoms with Gasteiger partial charge in [-0.1, -0.05) is 17.7 Å². The fraction of sp³-hybridized carbons (Fsp3) is 0.600. The monoisotopic (exact) mass is 282 g/mol. The second-order valence-corrected chi connectivity index (χ2v) is 6.13. The van der Waals surface area contributed by atoms with Crippen LogP contribution in [0.15, 0.2) is 18.2 Å². The van der Waals surface area contributed by atoms with Gasteiger partial charge in [-0.05, 0) is 44.4 Å². The Morgan fingerprint density at radius 3 is 2.79 bits per heavy atom. The second kappa shape index (κ2) is 5.78. The van der Waals surface area contributed by atoms with Gasteiger partial charge in [0.1, 0.15) is 5.82 Å². The number of hydrogen-bond acceptors (Lipinski definition) is 2. The normalized spacial score (nSPS) is 23.2. The average molecular weight is 283 g/mol. The Labute approximate surface area is 118 Å². The standard InChI is InChI=1S/C15H20ClFN2/c16-12-4-3-11(15(17)8-12)9-19(14-5-6-14)10-13-2-1-7-18-13/h3-4,8,13-14,18H,1-2,5-7,9-10H2. The molecule has 104 valence electrons. The fourth-order valence-corrected chi connectivity index (χ4v) is 3.01. The highest BCUT2D eigenvalue weighted by atomic mass is 35.5. The zero-order valence-corrected chi connectivity index (χ0v) is 11.8. The van der Waals surface area contributed by atoms with Crippen molar-refractivity contribution < 1.29 is 4.39 Å². The van der Waals surface area contributed by atoms with Crippen LogP contribution in [-0.4, -0.2) is 30.1 Å². The van der Waals surface area contributed by atoms with E-state index in [0.717, 1.165) is 18.7 Å². The van der Waals surface area contributed by atoms with E-state index >= 15 is 0 Å². The van der Waals surface area contributed by atoms with Crippen molar-refractivity contribution in [2.24, 2.45) is 0 Å². The minimum atomic E-state index is -0.183. The van der Waals surface area contributed by atoms with Crippen LogP contribution in [0.5, 0.6) is 0 Å². The minimum Gasteiger partial charge on any atom is -0.313 e. The molecule has 2 nitrogen and oxygen atoms in total. The Kier molecular flexibility index (Phi) is 4.06. The van der Waals surface area contributed by atoms with Gasteiger partial charge in [0.15, 0.2) is 0 Å². The van der Waals surface area contributed by atoms with Crippen molar-refractivity contribution in [3.63, 3.8) is 0 Å². The first-order chi connectivity index (χ1) is 9.22. The van der Waals surface area contributed by atoms with Gasteiger partial charge in [0.25, 0.3) is 0 Å². The summed E-state index contributed by atoms with van der Waals surface area (Å²) in [5.41, 5.74) is 0.759. The van der Waals surface area contributed by atoms with Gasteiger partial charge in [0.2, 0.25) is 0 Å². The summed E-state index contributed by atoms with van der Waals surface area (Å²) in [7, 11) is 0. The highest BCUT2D eigenvalue weighted by Gasteiger charge is 2.31. The van der Waals surface area contributed by atoms with Crippen LogP contribution in [-0.2, 0) is 6.54 Å². The van der Waals surface area contributed by atoms with Crippen LogP contribution in [0.2, 0.25) is 5.02 Å². The van der Waals surface area contributed by atoms with E-state index in [2.05, 4.69) is 10.2 Å². The van der Waals surface area contributed by atoms with E-state index in [9.17, 15) is 4.39 Å². The molecule has 2 aliphatic rings. The van der Waals surface area contributed by atoms with E-state index in [1.54, 1.807) is 6.07 Å². The summed E-state index contributed by atoms with van der Waals surface area (Å²) in [4.78, 5) is 2.43. The van der Waals surface area contributed by atoms with Crippen LogP contribution < -0.4 is 5.32 Å². The van der Waals surface area contributed by atoms with Crippen LogP contribution >= 0.6 is 11.6 Å². The summed E-state index contributed by atoms with van der Waals surface area (Å²) in [6.07, 6.45) is 5.01. The summed E-state index contributed by atoms with van der Waals surface area (Å²) in [5, 5.41) is 3.99. The van der Waals surface area contributed by atoms with Gasteiger partial charge < -0.3 is 5.32 Å². The maximum Gasteiger partial charge on any atom is 0.129 e. The third-order valence-electron chi connectivity index (χ3n) is 4.07. The van der Waals surface area contributed by atoms with E-state index in [1.807, 2.05) is 6.07 Å². The molecule has 1 aromatic carbocycles. The summed E-state index contributed by atoms with van der Waals surface area (Å²) in [6.45, 7) is 2.86. The molecule has 19 heavy (non-hydrogen) atoms. The summed E-state index contributed by atoms with van der Waals surface area (Å²) in [5.74, 6) is -0.183. The van der Waals surface area contributed by atoms with Crippen molar-refractivity contribution >= 4 is 11.6 Å². The van der Waals surface area contributed by atoms with Gasteiger partial charge in [-0.2, -0.15) is 0 Å². The van der Waals surface area contributed by atoms with Gasteiger partial charge in [0, 0.05) is 35.8 Å². The molecule has 1 N–H and O–H groups in total. The van der Waals surface area contributed by atoms with E-state index in [0.29, 0.717) is 23.7 Å². The number of hydrogen-bond donors (Lipinski definition) is 1. The Balaban J connectivity index is 1.66. The van der Waals surface area contributed by atoms with Crippen molar-refractivity contribution in [1.82, 2.24) is 10.2 Å². The smallest absolute Gasteiger partial charge is 0.129 e. The van der Waals surface area contributed by atoms with Gasteiger partial charge in [-0.15, -0.1) is 0 Å². The average Bonchev–Trinajstić information content (AvgIpc) is 3.10. The topological polar surface area (TPSA) is 15.3 Å². The van der Waals surface area contributed by atoms with E-state index < -0.39 is 0 Å². The molecule has 1 saturated carbocycles. The Bertz CT molecular complexity index is 442. The minimum absolute atomic E-state index is 0.183. The number of nitrogens with one attached hydrogen (secondary N) is 1. The first-order valence-electron chi connectivity index (χ1n) is 7.14. The quantitative estimate of drug-likeness (QED) is 0.892. The molecule has 4 heteroatoms. The second-order valence-electron chi connectivity index (χ2n) is 5.69. The lowest BCUT2D eigenvalue weighted by molar-refractivity contribution is 0.228. The molecule has 0 spiro atoms. The van der Waals surface area contributed by atoms with Crippen molar-refractivity contribution in [2.45, 2.75) is 44.3 Å².